The number of hydrogen-bond acceptors (Lipinski definition) is 16. The van der Waals surface area contributed by atoms with Crippen molar-refractivity contribution in [2.75, 3.05) is 83.1 Å². The highest BCUT2D eigenvalue weighted by Crippen LogP contribution is 2.34. The van der Waals surface area contributed by atoms with Crippen LogP contribution in [0.2, 0.25) is 0 Å². The summed E-state index contributed by atoms with van der Waals surface area (Å²) in [7, 11) is -3.68. The number of piperidine rings is 2. The number of hydrogen-bond donors (Lipinski definition) is 6. The number of benzene rings is 1. The van der Waals surface area contributed by atoms with Crippen molar-refractivity contribution >= 4 is 51.6 Å². The number of nitrogens with zero attached hydrogens (tertiary/aromatic N) is 4. The molecular weight excluding hydrogens is 831 g/mol. The topological polar surface area (TPSA) is 261 Å². The second-order valence-corrected chi connectivity index (χ2v) is 17.4. The highest BCUT2D eigenvalue weighted by atomic mass is 32.2. The summed E-state index contributed by atoms with van der Waals surface area (Å²) in [6.07, 6.45) is 5.62. The number of anilines is 2. The molecule has 1 aromatic heterocycles. The second-order valence-electron chi connectivity index (χ2n) is 15.6. The van der Waals surface area contributed by atoms with Gasteiger partial charge in [-0.05, 0) is 50.3 Å². The van der Waals surface area contributed by atoms with Crippen molar-refractivity contribution in [3.8, 4) is 0 Å². The minimum absolute atomic E-state index is 0.00910. The number of imide groups is 2. The Morgan fingerprint density at radius 3 is 2.24 bits per heavy atom. The lowest BCUT2D eigenvalue weighted by Gasteiger charge is -2.34. The SMILES string of the molecule is O=C1CCC(N2C(=O)c3cccc(NC(O)COCCOCCOCCOCCNS(=O)(=O)N4CCC(NC5N=Cc6ccc(=O)n(C7CCCC7)c6N5)CC4)c3C2=O)C(=O)N1. The lowest BCUT2D eigenvalue weighted by Crippen LogP contribution is -2.54. The Kier molecular flexibility index (Phi) is 15.5. The van der Waals surface area contributed by atoms with Gasteiger partial charge < -0.3 is 34.7 Å². The van der Waals surface area contributed by atoms with Gasteiger partial charge >= 0.3 is 0 Å². The van der Waals surface area contributed by atoms with Crippen LogP contribution in [0.5, 0.6) is 0 Å². The quantitative estimate of drug-likeness (QED) is 0.0512. The molecule has 0 spiro atoms. The van der Waals surface area contributed by atoms with E-state index in [0.29, 0.717) is 32.5 Å². The fraction of sp³-hybridized carbons (Fsp3) is 0.600. The fourth-order valence-electron chi connectivity index (χ4n) is 8.29. The third-order valence-corrected chi connectivity index (χ3v) is 13.0. The molecule has 0 bridgehead atoms. The normalized spacial score (nSPS) is 21.5. The lowest BCUT2D eigenvalue weighted by atomic mass is 10.0. The Hall–Kier alpha value is -4.65. The Morgan fingerprint density at radius 1 is 0.839 bits per heavy atom. The standard InChI is InChI=1S/C40H55N9O12S/c50-32-10-9-31(37(53)45-32)49-38(54)29-6-3-7-30(35(29)39(49)55)44-33(51)25-61-23-22-60-21-20-59-19-18-58-17-14-42-62(56,57)47-15-12-27(13-16-47)43-40-41-24-26-8-11-34(52)48(36(26)46-40)28-4-1-2-5-28/h3,6-8,11,24,27-28,31,33,40,42-44,46,51H,1-2,4-5,9-10,12-23,25H2,(H,45,50,53). The maximum absolute atomic E-state index is 13.2. The first kappa shape index (κ1) is 45.4. The molecule has 338 valence electrons. The molecule has 1 saturated carbocycles. The van der Waals surface area contributed by atoms with Crippen molar-refractivity contribution < 1.29 is 51.6 Å². The summed E-state index contributed by atoms with van der Waals surface area (Å²) in [6.45, 7) is 2.38. The summed E-state index contributed by atoms with van der Waals surface area (Å²) < 4.78 is 53.7. The minimum atomic E-state index is -3.68. The molecular formula is C40H55N9O12S. The van der Waals surface area contributed by atoms with E-state index >= 15 is 0 Å². The van der Waals surface area contributed by atoms with Gasteiger partial charge in [0.2, 0.25) is 11.8 Å². The molecule has 6 N–H and O–H groups in total. The summed E-state index contributed by atoms with van der Waals surface area (Å²) in [5.41, 5.74) is 1.19. The number of carbonyl (C=O) groups is 4. The number of amides is 4. The predicted octanol–water partition coefficient (Wildman–Crippen LogP) is -0.122. The van der Waals surface area contributed by atoms with E-state index in [1.807, 2.05) is 4.57 Å². The molecule has 7 rings (SSSR count). The molecule has 3 unspecified atom stereocenters. The van der Waals surface area contributed by atoms with E-state index in [-0.39, 0.29) is 100 Å². The number of pyridine rings is 1. The van der Waals surface area contributed by atoms with Gasteiger partial charge in [-0.25, -0.2) is 0 Å². The average Bonchev–Trinajstić information content (AvgIpc) is 3.87. The number of aromatic nitrogens is 1. The third-order valence-electron chi connectivity index (χ3n) is 11.4. The van der Waals surface area contributed by atoms with E-state index in [2.05, 4.69) is 31.0 Å². The molecule has 2 saturated heterocycles. The van der Waals surface area contributed by atoms with Crippen LogP contribution in [0.4, 0.5) is 11.5 Å². The number of ether oxygens (including phenoxy) is 4. The van der Waals surface area contributed by atoms with Crippen LogP contribution in [0.3, 0.4) is 0 Å². The van der Waals surface area contributed by atoms with Crippen molar-refractivity contribution in [1.82, 2.24) is 29.1 Å². The maximum Gasteiger partial charge on any atom is 0.279 e. The monoisotopic (exact) mass is 885 g/mol. The number of carbonyl (C=O) groups excluding carboxylic acids is 4. The smallest absolute Gasteiger partial charge is 0.279 e. The molecule has 4 aliphatic heterocycles. The van der Waals surface area contributed by atoms with E-state index < -0.39 is 52.4 Å². The van der Waals surface area contributed by atoms with Crippen LogP contribution >= 0.6 is 0 Å². The lowest BCUT2D eigenvalue weighted by molar-refractivity contribution is -0.136. The highest BCUT2D eigenvalue weighted by Gasteiger charge is 2.45. The number of aliphatic hydroxyl groups excluding tert-OH is 1. The zero-order chi connectivity index (χ0) is 43.6. The van der Waals surface area contributed by atoms with E-state index in [0.717, 1.165) is 42.0 Å². The van der Waals surface area contributed by atoms with Crippen LogP contribution in [0.1, 0.15) is 83.7 Å². The van der Waals surface area contributed by atoms with E-state index in [4.69, 9.17) is 18.9 Å². The van der Waals surface area contributed by atoms with Crippen LogP contribution in [-0.4, -0.2) is 154 Å². The highest BCUT2D eigenvalue weighted by molar-refractivity contribution is 7.87. The Balaban J connectivity index is 0.691. The zero-order valence-corrected chi connectivity index (χ0v) is 35.2. The molecule has 62 heavy (non-hydrogen) atoms. The molecule has 4 amide bonds. The second kappa shape index (κ2) is 21.1. The molecule has 5 heterocycles. The van der Waals surface area contributed by atoms with Crippen LogP contribution in [-0.2, 0) is 38.7 Å². The first-order valence-electron chi connectivity index (χ1n) is 21.2. The number of nitrogens with one attached hydrogen (secondary N) is 5. The number of fused-ring (bicyclic) bond motifs is 2. The molecule has 5 aliphatic rings. The average molecular weight is 886 g/mol. The Bertz CT molecular complexity index is 2140. The molecule has 22 heteroatoms. The summed E-state index contributed by atoms with van der Waals surface area (Å²) in [6, 6.07) is 7.08. The fourth-order valence-corrected chi connectivity index (χ4v) is 9.50. The van der Waals surface area contributed by atoms with Crippen LogP contribution in [0.15, 0.2) is 40.1 Å². The molecule has 3 fully saturated rings. The molecule has 21 nitrogen and oxygen atoms in total. The van der Waals surface area contributed by atoms with Gasteiger partial charge in [-0.3, -0.25) is 49.1 Å². The summed E-state index contributed by atoms with van der Waals surface area (Å²) in [5, 5.41) is 22.3. The van der Waals surface area contributed by atoms with E-state index in [1.165, 1.54) is 16.4 Å². The van der Waals surface area contributed by atoms with Crippen molar-refractivity contribution in [3.05, 3.63) is 57.4 Å². The summed E-state index contributed by atoms with van der Waals surface area (Å²) in [5.74, 6) is -1.72. The summed E-state index contributed by atoms with van der Waals surface area (Å²) in [4.78, 5) is 68.4. The molecule has 1 aromatic carbocycles. The van der Waals surface area contributed by atoms with Crippen molar-refractivity contribution in [3.63, 3.8) is 0 Å². The largest absolute Gasteiger partial charge is 0.378 e. The van der Waals surface area contributed by atoms with E-state index in [9.17, 15) is 37.5 Å². The Morgan fingerprint density at radius 2 is 1.53 bits per heavy atom. The Labute approximate surface area is 359 Å². The predicted molar refractivity (Wildman–Crippen MR) is 224 cm³/mol. The first-order chi connectivity index (χ1) is 30.0. The van der Waals surface area contributed by atoms with E-state index in [1.54, 1.807) is 24.4 Å². The van der Waals surface area contributed by atoms with Crippen LogP contribution < -0.4 is 31.5 Å². The number of aliphatic imine (C=N–C) groups is 1. The zero-order valence-electron chi connectivity index (χ0n) is 34.4. The van der Waals surface area contributed by atoms with Gasteiger partial charge in [0.1, 0.15) is 18.1 Å². The maximum atomic E-state index is 13.2. The van der Waals surface area contributed by atoms with Crippen molar-refractivity contribution in [1.29, 1.82) is 0 Å². The van der Waals surface area contributed by atoms with Gasteiger partial charge in [-0.1, -0.05) is 18.9 Å². The van der Waals surface area contributed by atoms with Gasteiger partial charge in [-0.15, -0.1) is 0 Å². The van der Waals surface area contributed by atoms with Gasteiger partial charge in [0.15, 0.2) is 6.29 Å². The molecule has 1 aliphatic carbocycles. The van der Waals surface area contributed by atoms with Crippen LogP contribution in [0, 0.1) is 0 Å². The van der Waals surface area contributed by atoms with Gasteiger partial charge in [0.05, 0.1) is 64.0 Å². The van der Waals surface area contributed by atoms with Crippen LogP contribution in [0.25, 0.3) is 0 Å². The summed E-state index contributed by atoms with van der Waals surface area (Å²) >= 11 is 0. The van der Waals surface area contributed by atoms with Gasteiger partial charge in [0, 0.05) is 61.7 Å². The van der Waals surface area contributed by atoms with Gasteiger partial charge in [0.25, 0.3) is 27.6 Å². The third kappa shape index (κ3) is 11.1. The number of aliphatic hydroxyl groups is 1. The molecule has 3 atom stereocenters. The van der Waals surface area contributed by atoms with Crippen molar-refractivity contribution in [2.24, 2.45) is 4.99 Å². The number of rotatable bonds is 22. The molecule has 2 aromatic rings. The first-order valence-corrected chi connectivity index (χ1v) is 22.6. The van der Waals surface area contributed by atoms with Crippen molar-refractivity contribution in [2.45, 2.75) is 82.0 Å². The minimum Gasteiger partial charge on any atom is -0.378 e. The van der Waals surface area contributed by atoms with Gasteiger partial charge in [-0.2, -0.15) is 17.4 Å². The molecule has 0 radical (unpaired) electrons.